The van der Waals surface area contributed by atoms with Crippen LogP contribution >= 0.6 is 0 Å². The molecule has 0 fully saturated rings. The molecule has 0 radical (unpaired) electrons. The molecule has 0 bridgehead atoms. The van der Waals surface area contributed by atoms with Gasteiger partial charge in [-0.15, -0.1) is 0 Å². The molecule has 0 aromatic rings. The zero-order valence-electron chi connectivity index (χ0n) is 14.2. The average Bonchev–Trinajstić information content (AvgIpc) is 2.20. The van der Waals surface area contributed by atoms with Crippen LogP contribution in [-0.4, -0.2) is 77.8 Å². The molecule has 0 aliphatic heterocycles. The first-order valence-electron chi connectivity index (χ1n) is 4.29. The fourth-order valence-corrected chi connectivity index (χ4v) is 0. The summed E-state index contributed by atoms with van der Waals surface area (Å²) in [4.78, 5) is 58.3. The van der Waals surface area contributed by atoms with Gasteiger partial charge in [0.25, 0.3) is 0 Å². The van der Waals surface area contributed by atoms with Crippen LogP contribution in [0.15, 0.2) is 0 Å². The van der Waals surface area contributed by atoms with E-state index in [9.17, 15) is 0 Å². The Hall–Kier alpha value is -2.28. The van der Waals surface area contributed by atoms with Gasteiger partial charge in [0.2, 0.25) is 0 Å². The van der Waals surface area contributed by atoms with Crippen molar-refractivity contribution in [2.75, 3.05) is 0 Å². The van der Waals surface area contributed by atoms with Crippen LogP contribution in [0.5, 0.6) is 0 Å². The number of carboxylic acid groups (broad SMARTS) is 14. The quantitative estimate of drug-likeness (QED) is 0.218. The average molecular weight is 656 g/mol. The third-order valence-electron chi connectivity index (χ3n) is 0. The minimum absolute atomic E-state index is 0. The summed E-state index contributed by atoms with van der Waals surface area (Å²) < 4.78 is 0. The van der Waals surface area contributed by atoms with E-state index in [1.807, 2.05) is 0 Å². The molecule has 0 aromatic heterocycles. The smallest absolute Gasteiger partial charge is 0.652 e. The van der Waals surface area contributed by atoms with E-state index in [1.165, 1.54) is 0 Å². The van der Waals surface area contributed by atoms with E-state index in [4.69, 9.17) is 105 Å². The van der Waals surface area contributed by atoms with Gasteiger partial charge in [-0.2, -0.15) is 0 Å². The number of carbonyl (C=O) groups excluding carboxylic acids is 7. The minimum atomic E-state index is -2.33. The van der Waals surface area contributed by atoms with Crippen LogP contribution in [0, 0.1) is 0 Å². The van der Waals surface area contributed by atoms with Gasteiger partial charge in [0.1, 0.15) is 0 Å². The fraction of sp³-hybridized carbons (Fsp3) is 0. The first-order chi connectivity index (χ1) is 12.1. The van der Waals surface area contributed by atoms with Crippen LogP contribution in [0.3, 0.4) is 0 Å². The topological polar surface area (TPSA) is 442 Å². The standard InChI is InChI=1S/7CH2O3.2Al.2Zr/c7*2-1(3)4;;;;/h7*(H2,2,3,4);;;;/q;;;;;;;2*+3;2*+4/p-14. The SMILES string of the molecule is O=C([O-])[O-].O=C([O-])[O-].O=C([O-])[O-].O=C([O-])[O-].O=C([O-])[O-].O=C([O-])[O-].O=C([O-])[O-].[Al+3].[Al+3].[Zr+4].[Zr+4]. The number of hydrogen-bond acceptors (Lipinski definition) is 21. The number of hydrogen-bond donors (Lipinski definition) is 0. The molecule has 0 heterocycles. The Morgan fingerprint density at radius 2 is 0.250 bits per heavy atom. The van der Waals surface area contributed by atoms with E-state index >= 15 is 0 Å². The van der Waals surface area contributed by atoms with Crippen molar-refractivity contribution in [2.24, 2.45) is 0 Å². The summed E-state index contributed by atoms with van der Waals surface area (Å²) in [5.74, 6) is 0. The van der Waals surface area contributed by atoms with Crippen molar-refractivity contribution in [3.8, 4) is 0 Å². The third kappa shape index (κ3) is 3810. The molecule has 0 N–H and O–H groups in total. The van der Waals surface area contributed by atoms with Gasteiger partial charge < -0.3 is 105 Å². The van der Waals surface area contributed by atoms with Gasteiger partial charge in [-0.3, -0.25) is 0 Å². The van der Waals surface area contributed by atoms with Gasteiger partial charge >= 0.3 is 87.1 Å². The molecule has 168 valence electrons. The second kappa shape index (κ2) is 63.0. The molecule has 0 saturated carbocycles. The molecule has 0 rings (SSSR count). The van der Waals surface area contributed by atoms with Crippen molar-refractivity contribution >= 4 is 77.8 Å². The Morgan fingerprint density at radius 1 is 0.250 bits per heavy atom. The molecule has 32 heavy (non-hydrogen) atoms. The van der Waals surface area contributed by atoms with Crippen molar-refractivity contribution in [1.82, 2.24) is 0 Å². The summed E-state index contributed by atoms with van der Waals surface area (Å²) in [6.45, 7) is 0. The van der Waals surface area contributed by atoms with E-state index in [2.05, 4.69) is 0 Å². The normalized spacial score (nSPS) is 5.25. The first kappa shape index (κ1) is 70.0. The molecule has 25 heteroatoms. The van der Waals surface area contributed by atoms with Gasteiger partial charge in [-0.25, -0.2) is 0 Å². The van der Waals surface area contributed by atoms with Gasteiger partial charge in [-0.05, 0) is 43.1 Å². The zero-order valence-corrected chi connectivity index (χ0v) is 21.5. The summed E-state index contributed by atoms with van der Waals surface area (Å²) in [6, 6.07) is 0. The number of rotatable bonds is 0. The maximum atomic E-state index is 8.33. The van der Waals surface area contributed by atoms with E-state index in [0.29, 0.717) is 0 Å². The maximum Gasteiger partial charge on any atom is 4.00 e. The molecule has 0 aliphatic rings. The predicted octanol–water partition coefficient (Wildman–Crippen LogP) is -17.9. The third-order valence-corrected chi connectivity index (χ3v) is 0. The van der Waals surface area contributed by atoms with Gasteiger partial charge in [-0.1, -0.05) is 0 Å². The Balaban J connectivity index is -0.0000000175. The van der Waals surface area contributed by atoms with E-state index < -0.39 is 43.1 Å². The molecule has 0 aliphatic carbocycles. The molecule has 0 aromatic carbocycles. The second-order valence-electron chi connectivity index (χ2n) is 1.75. The number of carbonyl (C=O) groups is 7. The summed E-state index contributed by atoms with van der Waals surface area (Å²) in [5.41, 5.74) is 0. The Kier molecular flexibility index (Phi) is 138. The molecular weight excluding hydrogens is 656 g/mol. The molecule has 0 amide bonds. The molecule has 0 saturated heterocycles. The summed E-state index contributed by atoms with van der Waals surface area (Å²) in [6.07, 6.45) is -16.3. The van der Waals surface area contributed by atoms with Crippen LogP contribution in [0.2, 0.25) is 0 Å². The van der Waals surface area contributed by atoms with Crippen LogP contribution in [0.1, 0.15) is 0 Å². The first-order valence-corrected chi connectivity index (χ1v) is 4.29. The van der Waals surface area contributed by atoms with Gasteiger partial charge in [0.05, 0.1) is 0 Å². The zero-order chi connectivity index (χ0) is 25.0. The molecule has 0 atom stereocenters. The molecule has 21 nitrogen and oxygen atoms in total. The Labute approximate surface area is 233 Å². The second-order valence-corrected chi connectivity index (χ2v) is 1.75. The summed E-state index contributed by atoms with van der Waals surface area (Å²) in [5, 5.41) is 117. The maximum absolute atomic E-state index is 8.33. The van der Waals surface area contributed by atoms with Crippen molar-refractivity contribution < 1.29 is 157 Å². The van der Waals surface area contributed by atoms with Crippen molar-refractivity contribution in [2.45, 2.75) is 0 Å². The van der Waals surface area contributed by atoms with Crippen molar-refractivity contribution in [3.05, 3.63) is 0 Å². The minimum Gasteiger partial charge on any atom is -0.652 e. The largest absolute Gasteiger partial charge is 4.00 e. The van der Waals surface area contributed by atoms with E-state index in [1.54, 1.807) is 0 Å². The monoisotopic (exact) mass is 654 g/mol. The Bertz CT molecular complexity index is 323. The van der Waals surface area contributed by atoms with Crippen LogP contribution in [-0.2, 0) is 52.4 Å². The summed E-state index contributed by atoms with van der Waals surface area (Å²) >= 11 is 0. The summed E-state index contributed by atoms with van der Waals surface area (Å²) in [7, 11) is 0. The van der Waals surface area contributed by atoms with Crippen molar-refractivity contribution in [3.63, 3.8) is 0 Å². The molecule has 0 spiro atoms. The fourth-order valence-electron chi connectivity index (χ4n) is 0. The van der Waals surface area contributed by atoms with E-state index in [0.717, 1.165) is 0 Å². The molecular formula is C7Al2O21Zr2. The van der Waals surface area contributed by atoms with Crippen LogP contribution in [0.25, 0.3) is 0 Å². The van der Waals surface area contributed by atoms with Crippen LogP contribution < -0.4 is 71.5 Å². The van der Waals surface area contributed by atoms with E-state index in [-0.39, 0.29) is 87.1 Å². The van der Waals surface area contributed by atoms with Crippen LogP contribution in [0.4, 0.5) is 33.6 Å². The van der Waals surface area contributed by atoms with Crippen molar-refractivity contribution in [1.29, 1.82) is 0 Å². The Morgan fingerprint density at radius 3 is 0.250 bits per heavy atom. The predicted molar refractivity (Wildman–Crippen MR) is 49.3 cm³/mol. The molecule has 0 unspecified atom stereocenters. The van der Waals surface area contributed by atoms with Gasteiger partial charge in [0.15, 0.2) is 0 Å². The van der Waals surface area contributed by atoms with Gasteiger partial charge in [0, 0.05) is 0 Å².